The zero-order chi connectivity index (χ0) is 29.7. The Bertz CT molecular complexity index is 2510. The SMILES string of the molecule is c1ccc(-c2ccc(-c3nc(-c4cc5c(oc6cccc(-c7ccccc7)c65)c5ccccc45)nc4ccccc34)cc2)cc1. The summed E-state index contributed by atoms with van der Waals surface area (Å²) >= 11 is 0. The Morgan fingerprint density at radius 1 is 0.400 bits per heavy atom. The topological polar surface area (TPSA) is 38.9 Å². The van der Waals surface area contributed by atoms with Crippen molar-refractivity contribution in [1.29, 1.82) is 0 Å². The quantitative estimate of drug-likeness (QED) is 0.210. The number of hydrogen-bond acceptors (Lipinski definition) is 3. The van der Waals surface area contributed by atoms with Crippen LogP contribution >= 0.6 is 0 Å². The Balaban J connectivity index is 1.30. The van der Waals surface area contributed by atoms with E-state index in [2.05, 4.69) is 140 Å². The predicted molar refractivity (Wildman–Crippen MR) is 186 cm³/mol. The Morgan fingerprint density at radius 2 is 1.02 bits per heavy atom. The lowest BCUT2D eigenvalue weighted by atomic mass is 9.95. The van der Waals surface area contributed by atoms with E-state index >= 15 is 0 Å². The summed E-state index contributed by atoms with van der Waals surface area (Å²) in [5, 5.41) is 5.29. The molecular weight excluding hydrogens is 548 g/mol. The molecule has 9 rings (SSSR count). The molecule has 9 aromatic rings. The Hall–Kier alpha value is -6.06. The van der Waals surface area contributed by atoms with Crippen molar-refractivity contribution in [3.63, 3.8) is 0 Å². The van der Waals surface area contributed by atoms with Gasteiger partial charge in [-0.2, -0.15) is 0 Å². The molecule has 0 amide bonds. The third kappa shape index (κ3) is 4.21. The van der Waals surface area contributed by atoms with Crippen molar-refractivity contribution < 1.29 is 4.42 Å². The van der Waals surface area contributed by atoms with Gasteiger partial charge in [-0.05, 0) is 45.8 Å². The molecule has 0 atom stereocenters. The van der Waals surface area contributed by atoms with Gasteiger partial charge in [-0.15, -0.1) is 0 Å². The van der Waals surface area contributed by atoms with Gasteiger partial charge in [0, 0.05) is 32.7 Å². The second-order valence-electron chi connectivity index (χ2n) is 11.3. The van der Waals surface area contributed by atoms with Crippen LogP contribution in [0.1, 0.15) is 0 Å². The molecule has 2 heterocycles. The van der Waals surface area contributed by atoms with Crippen LogP contribution in [0.3, 0.4) is 0 Å². The number of para-hydroxylation sites is 1. The van der Waals surface area contributed by atoms with Gasteiger partial charge in [0.15, 0.2) is 5.82 Å². The fourth-order valence-corrected chi connectivity index (χ4v) is 6.56. The van der Waals surface area contributed by atoms with Gasteiger partial charge in [0.25, 0.3) is 0 Å². The van der Waals surface area contributed by atoms with Crippen molar-refractivity contribution in [1.82, 2.24) is 9.97 Å². The smallest absolute Gasteiger partial charge is 0.161 e. The molecule has 0 radical (unpaired) electrons. The minimum absolute atomic E-state index is 0.695. The summed E-state index contributed by atoms with van der Waals surface area (Å²) in [5.41, 5.74) is 10.3. The van der Waals surface area contributed by atoms with E-state index in [1.807, 2.05) is 18.2 Å². The van der Waals surface area contributed by atoms with Crippen molar-refractivity contribution in [3.8, 4) is 44.9 Å². The molecule has 2 aromatic heterocycles. The molecule has 0 spiro atoms. The van der Waals surface area contributed by atoms with E-state index in [-0.39, 0.29) is 0 Å². The van der Waals surface area contributed by atoms with Crippen LogP contribution in [0.15, 0.2) is 162 Å². The molecule has 45 heavy (non-hydrogen) atoms. The first-order valence-corrected chi connectivity index (χ1v) is 15.2. The highest BCUT2D eigenvalue weighted by Gasteiger charge is 2.20. The van der Waals surface area contributed by atoms with Crippen LogP contribution in [-0.4, -0.2) is 9.97 Å². The molecule has 0 N–H and O–H groups in total. The molecular formula is C42H26N2O. The Labute approximate surface area is 260 Å². The molecule has 7 aromatic carbocycles. The van der Waals surface area contributed by atoms with Crippen LogP contribution < -0.4 is 0 Å². The van der Waals surface area contributed by atoms with Gasteiger partial charge in [-0.3, -0.25) is 0 Å². The number of furan rings is 1. The molecule has 210 valence electrons. The van der Waals surface area contributed by atoms with Crippen molar-refractivity contribution in [3.05, 3.63) is 158 Å². The lowest BCUT2D eigenvalue weighted by Gasteiger charge is -2.12. The highest BCUT2D eigenvalue weighted by molar-refractivity contribution is 6.22. The second kappa shape index (κ2) is 10.3. The number of fused-ring (bicyclic) bond motifs is 6. The number of aromatic nitrogens is 2. The van der Waals surface area contributed by atoms with E-state index < -0.39 is 0 Å². The molecule has 0 aliphatic rings. The van der Waals surface area contributed by atoms with Gasteiger partial charge in [-0.1, -0.05) is 140 Å². The van der Waals surface area contributed by atoms with Gasteiger partial charge in [0.1, 0.15) is 11.2 Å². The molecule has 0 aliphatic heterocycles. The molecule has 3 nitrogen and oxygen atoms in total. The summed E-state index contributed by atoms with van der Waals surface area (Å²) < 4.78 is 6.59. The average Bonchev–Trinajstić information content (AvgIpc) is 3.51. The van der Waals surface area contributed by atoms with Crippen LogP contribution in [0, 0.1) is 0 Å². The fraction of sp³-hybridized carbons (Fsp3) is 0. The number of hydrogen-bond donors (Lipinski definition) is 0. The van der Waals surface area contributed by atoms with Gasteiger partial charge < -0.3 is 4.42 Å². The fourth-order valence-electron chi connectivity index (χ4n) is 6.56. The maximum absolute atomic E-state index is 6.59. The lowest BCUT2D eigenvalue weighted by molar-refractivity contribution is 0.673. The average molecular weight is 575 g/mol. The minimum atomic E-state index is 0.695. The molecule has 0 saturated carbocycles. The van der Waals surface area contributed by atoms with Gasteiger partial charge >= 0.3 is 0 Å². The zero-order valence-electron chi connectivity index (χ0n) is 24.3. The second-order valence-corrected chi connectivity index (χ2v) is 11.3. The maximum atomic E-state index is 6.59. The van der Waals surface area contributed by atoms with Gasteiger partial charge in [0.05, 0.1) is 11.2 Å². The zero-order valence-corrected chi connectivity index (χ0v) is 24.3. The highest BCUT2D eigenvalue weighted by Crippen LogP contribution is 2.43. The number of benzene rings is 7. The van der Waals surface area contributed by atoms with E-state index in [1.165, 1.54) is 11.1 Å². The monoisotopic (exact) mass is 574 g/mol. The largest absolute Gasteiger partial charge is 0.455 e. The molecule has 3 heteroatoms. The van der Waals surface area contributed by atoms with Crippen molar-refractivity contribution in [2.45, 2.75) is 0 Å². The van der Waals surface area contributed by atoms with Crippen LogP contribution in [0.25, 0.3) is 88.5 Å². The summed E-state index contributed by atoms with van der Waals surface area (Å²) in [6.45, 7) is 0. The third-order valence-corrected chi connectivity index (χ3v) is 8.70. The first-order valence-electron chi connectivity index (χ1n) is 15.2. The summed E-state index contributed by atoms with van der Waals surface area (Å²) in [5.74, 6) is 0.695. The van der Waals surface area contributed by atoms with Crippen LogP contribution in [0.4, 0.5) is 0 Å². The standard InChI is InChI=1S/C42H26N2O/c1-3-12-27(13-4-1)28-22-24-30(25-23-28)40-34-18-9-10-20-37(34)43-42(44-40)35-26-36-39-31(29-14-5-2-6-15-29)19-11-21-38(39)45-41(36)33-17-8-7-16-32(33)35/h1-26H. The van der Waals surface area contributed by atoms with E-state index in [4.69, 9.17) is 14.4 Å². The van der Waals surface area contributed by atoms with Gasteiger partial charge in [0.2, 0.25) is 0 Å². The summed E-state index contributed by atoms with van der Waals surface area (Å²) in [4.78, 5) is 10.5. The first kappa shape index (κ1) is 25.4. The van der Waals surface area contributed by atoms with Gasteiger partial charge in [-0.25, -0.2) is 9.97 Å². The summed E-state index contributed by atoms with van der Waals surface area (Å²) in [7, 11) is 0. The Kier molecular flexibility index (Phi) is 5.82. The predicted octanol–water partition coefficient (Wildman–Crippen LogP) is 11.4. The first-order chi connectivity index (χ1) is 22.3. The molecule has 0 unspecified atom stereocenters. The van der Waals surface area contributed by atoms with Crippen molar-refractivity contribution >= 4 is 43.6 Å². The van der Waals surface area contributed by atoms with Crippen LogP contribution in [-0.2, 0) is 0 Å². The normalized spacial score (nSPS) is 11.6. The van der Waals surface area contributed by atoms with E-state index in [0.717, 1.165) is 71.6 Å². The molecule has 0 saturated heterocycles. The molecule has 0 fully saturated rings. The number of rotatable bonds is 4. The van der Waals surface area contributed by atoms with E-state index in [9.17, 15) is 0 Å². The van der Waals surface area contributed by atoms with Crippen LogP contribution in [0.2, 0.25) is 0 Å². The molecule has 0 bridgehead atoms. The van der Waals surface area contributed by atoms with Crippen molar-refractivity contribution in [2.75, 3.05) is 0 Å². The summed E-state index contributed by atoms with van der Waals surface area (Å²) in [6.07, 6.45) is 0. The maximum Gasteiger partial charge on any atom is 0.161 e. The lowest BCUT2D eigenvalue weighted by Crippen LogP contribution is -1.96. The van der Waals surface area contributed by atoms with E-state index in [1.54, 1.807) is 0 Å². The van der Waals surface area contributed by atoms with E-state index in [0.29, 0.717) is 5.82 Å². The third-order valence-electron chi connectivity index (χ3n) is 8.70. The summed E-state index contributed by atoms with van der Waals surface area (Å²) in [6, 6.07) is 54.8. The highest BCUT2D eigenvalue weighted by atomic mass is 16.3. The number of nitrogens with zero attached hydrogens (tertiary/aromatic N) is 2. The van der Waals surface area contributed by atoms with Crippen molar-refractivity contribution in [2.24, 2.45) is 0 Å². The minimum Gasteiger partial charge on any atom is -0.455 e. The molecule has 0 aliphatic carbocycles. The van der Waals surface area contributed by atoms with Crippen LogP contribution in [0.5, 0.6) is 0 Å². The Morgan fingerprint density at radius 3 is 1.80 bits per heavy atom.